The van der Waals surface area contributed by atoms with E-state index in [1.165, 1.54) is 0 Å². The van der Waals surface area contributed by atoms with Gasteiger partial charge in [0.05, 0.1) is 0 Å². The molecule has 0 rings (SSSR count). The Bertz CT molecular complexity index is 433. The van der Waals surface area contributed by atoms with Crippen LogP contribution in [0.1, 0.15) is 121 Å². The Kier molecular flexibility index (Phi) is 13.2. The molecule has 0 bridgehead atoms. The quantitative estimate of drug-likeness (QED) is 0.172. The van der Waals surface area contributed by atoms with Gasteiger partial charge in [-0.15, -0.1) is 0 Å². The van der Waals surface area contributed by atoms with E-state index in [1.54, 1.807) is 0 Å². The molecule has 0 saturated carbocycles. The molecule has 0 fully saturated rings. The van der Waals surface area contributed by atoms with Crippen molar-refractivity contribution in [2.45, 2.75) is 133 Å². The summed E-state index contributed by atoms with van der Waals surface area (Å²) in [7, 11) is 0. The zero-order valence-electron chi connectivity index (χ0n) is 21.1. The van der Waals surface area contributed by atoms with E-state index in [-0.39, 0.29) is 23.0 Å². The molecule has 0 saturated heterocycles. The van der Waals surface area contributed by atoms with Crippen LogP contribution in [-0.2, 0) is 14.5 Å². The predicted molar refractivity (Wildman–Crippen MR) is 122 cm³/mol. The number of carbonyl (C=O) groups excluding carboxylic acids is 1. The molecule has 4 heteroatoms. The van der Waals surface area contributed by atoms with Crippen molar-refractivity contribution in [3.63, 3.8) is 0 Å². The lowest BCUT2D eigenvalue weighted by Crippen LogP contribution is -2.40. The molecule has 29 heavy (non-hydrogen) atoms. The summed E-state index contributed by atoms with van der Waals surface area (Å²) < 4.78 is 5.84. The summed E-state index contributed by atoms with van der Waals surface area (Å²) in [6, 6.07) is 0. The number of ether oxygens (including phenoxy) is 1. The standard InChI is InChI=1S/C25H50O4/c1-11-15-17-19(13-3)21(24(5,6)7)27-23(26)29-28-22(25(8,9)10)20(14-4)18-16-12-2/h19-22H,11-18H2,1-10H3. The van der Waals surface area contributed by atoms with E-state index >= 15 is 0 Å². The lowest BCUT2D eigenvalue weighted by molar-refractivity contribution is -0.320. The van der Waals surface area contributed by atoms with Crippen LogP contribution in [0.2, 0.25) is 0 Å². The van der Waals surface area contributed by atoms with Gasteiger partial charge in [0.1, 0.15) is 12.2 Å². The van der Waals surface area contributed by atoms with Gasteiger partial charge >= 0.3 is 6.16 Å². The molecule has 4 unspecified atom stereocenters. The van der Waals surface area contributed by atoms with E-state index in [0.717, 1.165) is 51.4 Å². The SMILES string of the molecule is CCCCC(CC)C(OOC(=O)OC(C(CC)CCCC)C(C)(C)C)C(C)(C)C. The van der Waals surface area contributed by atoms with Gasteiger partial charge < -0.3 is 4.74 Å². The minimum absolute atomic E-state index is 0.120. The van der Waals surface area contributed by atoms with E-state index in [1.807, 2.05) is 0 Å². The Morgan fingerprint density at radius 1 is 0.724 bits per heavy atom. The highest BCUT2D eigenvalue weighted by Crippen LogP contribution is 2.35. The zero-order valence-corrected chi connectivity index (χ0v) is 21.1. The predicted octanol–water partition coefficient (Wildman–Crippen LogP) is 8.33. The lowest BCUT2D eigenvalue weighted by Gasteiger charge is -2.37. The van der Waals surface area contributed by atoms with Gasteiger partial charge in [0, 0.05) is 0 Å². The first-order chi connectivity index (χ1) is 13.4. The van der Waals surface area contributed by atoms with Crippen molar-refractivity contribution in [3.05, 3.63) is 0 Å². The number of rotatable bonds is 13. The van der Waals surface area contributed by atoms with Crippen LogP contribution in [-0.4, -0.2) is 18.4 Å². The average Bonchev–Trinajstić information content (AvgIpc) is 2.62. The molecular formula is C25H50O4. The molecule has 0 aliphatic heterocycles. The summed E-state index contributed by atoms with van der Waals surface area (Å²) in [4.78, 5) is 23.6. The first-order valence-electron chi connectivity index (χ1n) is 12.0. The fourth-order valence-electron chi connectivity index (χ4n) is 4.20. The second-order valence-corrected chi connectivity index (χ2v) is 10.7. The maximum absolute atomic E-state index is 12.6. The number of hydrogen-bond acceptors (Lipinski definition) is 4. The van der Waals surface area contributed by atoms with Gasteiger partial charge in [-0.25, -0.2) is 4.79 Å². The van der Waals surface area contributed by atoms with E-state index < -0.39 is 6.16 Å². The first-order valence-corrected chi connectivity index (χ1v) is 12.0. The van der Waals surface area contributed by atoms with Crippen LogP contribution >= 0.6 is 0 Å². The van der Waals surface area contributed by atoms with E-state index in [9.17, 15) is 4.79 Å². The summed E-state index contributed by atoms with van der Waals surface area (Å²) in [5, 5.41) is 0. The van der Waals surface area contributed by atoms with Crippen molar-refractivity contribution in [1.82, 2.24) is 0 Å². The monoisotopic (exact) mass is 414 g/mol. The van der Waals surface area contributed by atoms with E-state index in [0.29, 0.717) is 11.8 Å². The van der Waals surface area contributed by atoms with Crippen molar-refractivity contribution in [2.75, 3.05) is 0 Å². The summed E-state index contributed by atoms with van der Waals surface area (Å²) >= 11 is 0. The Labute approximate surface area is 181 Å². The number of unbranched alkanes of at least 4 members (excludes halogenated alkanes) is 2. The average molecular weight is 415 g/mol. The van der Waals surface area contributed by atoms with Crippen molar-refractivity contribution in [3.8, 4) is 0 Å². The van der Waals surface area contributed by atoms with Crippen molar-refractivity contribution >= 4 is 6.16 Å². The third-order valence-corrected chi connectivity index (χ3v) is 5.91. The van der Waals surface area contributed by atoms with Gasteiger partial charge in [0.2, 0.25) is 0 Å². The smallest absolute Gasteiger partial charge is 0.428 e. The van der Waals surface area contributed by atoms with Gasteiger partial charge in [-0.1, -0.05) is 101 Å². The molecule has 0 amide bonds. The molecule has 0 N–H and O–H groups in total. The normalized spacial score (nSPS) is 16.8. The van der Waals surface area contributed by atoms with Crippen LogP contribution in [0.5, 0.6) is 0 Å². The van der Waals surface area contributed by atoms with E-state index in [2.05, 4.69) is 69.2 Å². The molecule has 0 aromatic rings. The number of hydrogen-bond donors (Lipinski definition) is 0. The Morgan fingerprint density at radius 2 is 1.14 bits per heavy atom. The van der Waals surface area contributed by atoms with Gasteiger partial charge in [0.15, 0.2) is 0 Å². The molecule has 0 spiro atoms. The molecule has 0 radical (unpaired) electrons. The summed E-state index contributed by atoms with van der Waals surface area (Å²) in [6.07, 6.45) is 7.66. The number of carbonyl (C=O) groups is 1. The highest BCUT2D eigenvalue weighted by Gasteiger charge is 2.37. The fraction of sp³-hybridized carbons (Fsp3) is 0.960. The second-order valence-electron chi connectivity index (χ2n) is 10.7. The van der Waals surface area contributed by atoms with Gasteiger partial charge in [0.25, 0.3) is 0 Å². The van der Waals surface area contributed by atoms with Gasteiger partial charge in [-0.05, 0) is 41.9 Å². The maximum Gasteiger partial charge on any atom is 0.540 e. The Hall–Kier alpha value is -0.770. The molecule has 0 aromatic heterocycles. The zero-order chi connectivity index (χ0) is 22.7. The van der Waals surface area contributed by atoms with Gasteiger partial charge in [-0.2, -0.15) is 4.89 Å². The largest absolute Gasteiger partial charge is 0.540 e. The molecule has 0 aliphatic rings. The molecule has 4 atom stereocenters. The second kappa shape index (κ2) is 13.5. The molecule has 4 nitrogen and oxygen atoms in total. The Balaban J connectivity index is 5.14. The van der Waals surface area contributed by atoms with Crippen LogP contribution in [0.4, 0.5) is 4.79 Å². The molecule has 0 aliphatic carbocycles. The molecular weight excluding hydrogens is 364 g/mol. The summed E-state index contributed by atoms with van der Waals surface area (Å²) in [5.74, 6) is 0.683. The van der Waals surface area contributed by atoms with Crippen LogP contribution in [0.25, 0.3) is 0 Å². The summed E-state index contributed by atoms with van der Waals surface area (Å²) in [5.41, 5.74) is -0.269. The minimum atomic E-state index is -0.709. The lowest BCUT2D eigenvalue weighted by atomic mass is 9.78. The summed E-state index contributed by atoms with van der Waals surface area (Å²) in [6.45, 7) is 21.5. The minimum Gasteiger partial charge on any atom is -0.428 e. The fourth-order valence-corrected chi connectivity index (χ4v) is 4.20. The first kappa shape index (κ1) is 28.2. The van der Waals surface area contributed by atoms with Crippen molar-refractivity contribution in [1.29, 1.82) is 0 Å². The van der Waals surface area contributed by atoms with E-state index in [4.69, 9.17) is 14.5 Å². The Morgan fingerprint density at radius 3 is 1.48 bits per heavy atom. The highest BCUT2D eigenvalue weighted by molar-refractivity contribution is 5.59. The third-order valence-electron chi connectivity index (χ3n) is 5.91. The topological polar surface area (TPSA) is 44.8 Å². The van der Waals surface area contributed by atoms with Crippen molar-refractivity contribution < 1.29 is 19.3 Å². The van der Waals surface area contributed by atoms with Gasteiger partial charge in [-0.3, -0.25) is 4.89 Å². The van der Waals surface area contributed by atoms with Crippen LogP contribution in [0.15, 0.2) is 0 Å². The third kappa shape index (κ3) is 10.7. The highest BCUT2D eigenvalue weighted by atomic mass is 17.2. The van der Waals surface area contributed by atoms with Crippen molar-refractivity contribution in [2.24, 2.45) is 22.7 Å². The molecule has 0 heterocycles. The maximum atomic E-state index is 12.6. The van der Waals surface area contributed by atoms with Crippen LogP contribution in [0.3, 0.4) is 0 Å². The van der Waals surface area contributed by atoms with Crippen LogP contribution in [0, 0.1) is 22.7 Å². The van der Waals surface area contributed by atoms with Crippen LogP contribution < -0.4 is 0 Å². The molecule has 174 valence electrons. The molecule has 0 aromatic carbocycles.